The van der Waals surface area contributed by atoms with Crippen LogP contribution in [0, 0.1) is 15.9 Å². The number of halogens is 1. The minimum absolute atomic E-state index is 0.0915. The predicted octanol–water partition coefficient (Wildman–Crippen LogP) is 4.17. The van der Waals surface area contributed by atoms with Crippen molar-refractivity contribution in [1.82, 2.24) is 0 Å². The Hall–Kier alpha value is -2.43. The van der Waals surface area contributed by atoms with Crippen molar-refractivity contribution in [2.75, 3.05) is 5.32 Å². The standard InChI is InChI=1S/C16H17FN2O2/c1-2-14(8-12-6-4-3-5-7-12)18-15-9-13(17)10-16(11-15)19(20)21/h3-7,9-11,14,18H,2,8H2,1H3. The molecule has 1 N–H and O–H groups in total. The maximum atomic E-state index is 13.4. The van der Waals surface area contributed by atoms with E-state index in [1.54, 1.807) is 0 Å². The fourth-order valence-corrected chi connectivity index (χ4v) is 2.19. The van der Waals surface area contributed by atoms with Crippen molar-refractivity contribution < 1.29 is 9.31 Å². The molecule has 1 unspecified atom stereocenters. The number of rotatable bonds is 6. The third-order valence-electron chi connectivity index (χ3n) is 3.28. The highest BCUT2D eigenvalue weighted by Crippen LogP contribution is 2.21. The van der Waals surface area contributed by atoms with Crippen LogP contribution >= 0.6 is 0 Å². The van der Waals surface area contributed by atoms with Gasteiger partial charge in [0, 0.05) is 17.8 Å². The molecular weight excluding hydrogens is 271 g/mol. The fraction of sp³-hybridized carbons (Fsp3) is 0.250. The average molecular weight is 288 g/mol. The normalized spacial score (nSPS) is 11.9. The molecule has 0 radical (unpaired) electrons. The Balaban J connectivity index is 2.13. The first-order valence-electron chi connectivity index (χ1n) is 6.84. The van der Waals surface area contributed by atoms with Gasteiger partial charge in [-0.25, -0.2) is 4.39 Å². The highest BCUT2D eigenvalue weighted by atomic mass is 19.1. The summed E-state index contributed by atoms with van der Waals surface area (Å²) in [5.74, 6) is -0.610. The predicted molar refractivity (Wildman–Crippen MR) is 80.9 cm³/mol. The number of benzene rings is 2. The van der Waals surface area contributed by atoms with Crippen molar-refractivity contribution in [2.45, 2.75) is 25.8 Å². The molecule has 0 heterocycles. The van der Waals surface area contributed by atoms with E-state index in [-0.39, 0.29) is 11.7 Å². The largest absolute Gasteiger partial charge is 0.382 e. The van der Waals surface area contributed by atoms with Crippen molar-refractivity contribution >= 4 is 11.4 Å². The van der Waals surface area contributed by atoms with E-state index in [2.05, 4.69) is 5.32 Å². The fourth-order valence-electron chi connectivity index (χ4n) is 2.19. The van der Waals surface area contributed by atoms with E-state index in [0.717, 1.165) is 18.9 Å². The van der Waals surface area contributed by atoms with Crippen molar-refractivity contribution in [3.05, 3.63) is 70.0 Å². The summed E-state index contributed by atoms with van der Waals surface area (Å²) in [6.45, 7) is 2.02. The summed E-state index contributed by atoms with van der Waals surface area (Å²) in [4.78, 5) is 10.2. The lowest BCUT2D eigenvalue weighted by molar-refractivity contribution is -0.385. The van der Waals surface area contributed by atoms with Gasteiger partial charge in [-0.3, -0.25) is 10.1 Å². The molecule has 0 bridgehead atoms. The van der Waals surface area contributed by atoms with Crippen LogP contribution in [0.4, 0.5) is 15.8 Å². The van der Waals surface area contributed by atoms with Crippen LogP contribution < -0.4 is 5.32 Å². The molecule has 110 valence electrons. The zero-order chi connectivity index (χ0) is 15.2. The molecule has 0 aliphatic carbocycles. The molecule has 5 heteroatoms. The van der Waals surface area contributed by atoms with Crippen molar-refractivity contribution in [2.24, 2.45) is 0 Å². The van der Waals surface area contributed by atoms with Gasteiger partial charge in [-0.05, 0) is 24.5 Å². The summed E-state index contributed by atoms with van der Waals surface area (Å²) in [6.07, 6.45) is 1.61. The lowest BCUT2D eigenvalue weighted by atomic mass is 10.0. The van der Waals surface area contributed by atoms with Gasteiger partial charge >= 0.3 is 0 Å². The summed E-state index contributed by atoms with van der Waals surface area (Å²) in [5, 5.41) is 13.9. The smallest absolute Gasteiger partial charge is 0.274 e. The summed E-state index contributed by atoms with van der Waals surface area (Å²) in [7, 11) is 0. The number of non-ortho nitro benzene ring substituents is 1. The number of hydrogen-bond acceptors (Lipinski definition) is 3. The zero-order valence-electron chi connectivity index (χ0n) is 11.8. The van der Waals surface area contributed by atoms with E-state index in [0.29, 0.717) is 5.69 Å². The molecule has 0 fully saturated rings. The number of nitro benzene ring substituents is 1. The van der Waals surface area contributed by atoms with Gasteiger partial charge in [-0.2, -0.15) is 0 Å². The maximum absolute atomic E-state index is 13.4. The summed E-state index contributed by atoms with van der Waals surface area (Å²) >= 11 is 0. The van der Waals surface area contributed by atoms with Crippen LogP contribution in [-0.2, 0) is 6.42 Å². The van der Waals surface area contributed by atoms with Gasteiger partial charge in [0.25, 0.3) is 5.69 Å². The minimum atomic E-state index is -0.610. The van der Waals surface area contributed by atoms with E-state index in [1.165, 1.54) is 17.7 Å². The second-order valence-electron chi connectivity index (χ2n) is 4.89. The highest BCUT2D eigenvalue weighted by molar-refractivity contribution is 5.52. The first kappa shape index (κ1) is 15.0. The van der Waals surface area contributed by atoms with Gasteiger partial charge in [0.15, 0.2) is 0 Å². The molecule has 2 rings (SSSR count). The Kier molecular flexibility index (Phi) is 4.87. The third kappa shape index (κ3) is 4.27. The van der Waals surface area contributed by atoms with Gasteiger partial charge in [0.1, 0.15) is 5.82 Å². The first-order valence-corrected chi connectivity index (χ1v) is 6.84. The van der Waals surface area contributed by atoms with Crippen molar-refractivity contribution in [3.63, 3.8) is 0 Å². The van der Waals surface area contributed by atoms with Gasteiger partial charge in [0.05, 0.1) is 11.0 Å². The molecule has 21 heavy (non-hydrogen) atoms. The van der Waals surface area contributed by atoms with Gasteiger partial charge < -0.3 is 5.32 Å². The van der Waals surface area contributed by atoms with E-state index in [4.69, 9.17) is 0 Å². The second kappa shape index (κ2) is 6.83. The molecule has 0 aliphatic rings. The molecule has 0 saturated heterocycles. The SMILES string of the molecule is CCC(Cc1ccccc1)Nc1cc(F)cc([N+](=O)[O-])c1. The number of nitrogens with one attached hydrogen (secondary N) is 1. The average Bonchev–Trinajstić information content (AvgIpc) is 2.47. The summed E-state index contributed by atoms with van der Waals surface area (Å²) in [6, 6.07) is 13.6. The molecule has 2 aromatic carbocycles. The molecule has 2 aromatic rings. The van der Waals surface area contributed by atoms with Crippen molar-refractivity contribution in [3.8, 4) is 0 Å². The Bertz CT molecular complexity index is 617. The third-order valence-corrected chi connectivity index (χ3v) is 3.28. The first-order chi connectivity index (χ1) is 10.1. The molecule has 0 spiro atoms. The molecule has 4 nitrogen and oxygen atoms in total. The van der Waals surface area contributed by atoms with Crippen molar-refractivity contribution in [1.29, 1.82) is 0 Å². The van der Waals surface area contributed by atoms with Gasteiger partial charge in [-0.1, -0.05) is 37.3 Å². The molecule has 0 aliphatic heterocycles. The minimum Gasteiger partial charge on any atom is -0.382 e. The number of anilines is 1. The number of nitrogens with zero attached hydrogens (tertiary/aromatic N) is 1. The van der Waals surface area contributed by atoms with Gasteiger partial charge in [-0.15, -0.1) is 0 Å². The lowest BCUT2D eigenvalue weighted by Crippen LogP contribution is -2.21. The van der Waals surface area contributed by atoms with E-state index >= 15 is 0 Å². The molecular formula is C16H17FN2O2. The zero-order valence-corrected chi connectivity index (χ0v) is 11.8. The lowest BCUT2D eigenvalue weighted by Gasteiger charge is -2.18. The molecule has 1 atom stereocenters. The second-order valence-corrected chi connectivity index (χ2v) is 4.89. The number of nitro groups is 1. The monoisotopic (exact) mass is 288 g/mol. The van der Waals surface area contributed by atoms with Crippen LogP contribution in [0.2, 0.25) is 0 Å². The van der Waals surface area contributed by atoms with E-state index in [9.17, 15) is 14.5 Å². The molecule has 0 saturated carbocycles. The van der Waals surface area contributed by atoms with Crippen LogP contribution in [0.1, 0.15) is 18.9 Å². The Morgan fingerprint density at radius 2 is 1.95 bits per heavy atom. The van der Waals surface area contributed by atoms with Crippen LogP contribution in [0.15, 0.2) is 48.5 Å². The number of hydrogen-bond donors (Lipinski definition) is 1. The van der Waals surface area contributed by atoms with Crippen LogP contribution in [0.5, 0.6) is 0 Å². The summed E-state index contributed by atoms with van der Waals surface area (Å²) in [5.41, 5.74) is 1.36. The molecule has 0 amide bonds. The van der Waals surface area contributed by atoms with Crippen LogP contribution in [0.25, 0.3) is 0 Å². The topological polar surface area (TPSA) is 55.2 Å². The quantitative estimate of drug-likeness (QED) is 0.641. The van der Waals surface area contributed by atoms with Crippen LogP contribution in [0.3, 0.4) is 0 Å². The Labute approximate surface area is 122 Å². The van der Waals surface area contributed by atoms with Gasteiger partial charge in [0.2, 0.25) is 0 Å². The van der Waals surface area contributed by atoms with Crippen LogP contribution in [-0.4, -0.2) is 11.0 Å². The van der Waals surface area contributed by atoms with E-state index < -0.39 is 10.7 Å². The molecule has 0 aromatic heterocycles. The maximum Gasteiger partial charge on any atom is 0.274 e. The Morgan fingerprint density at radius 1 is 1.24 bits per heavy atom. The Morgan fingerprint density at radius 3 is 2.57 bits per heavy atom. The summed E-state index contributed by atoms with van der Waals surface area (Å²) < 4.78 is 13.4. The highest BCUT2D eigenvalue weighted by Gasteiger charge is 2.13. The van der Waals surface area contributed by atoms with E-state index in [1.807, 2.05) is 37.3 Å².